The zero-order valence-electron chi connectivity index (χ0n) is 20.3. The second-order valence-electron chi connectivity index (χ2n) is 8.51. The fourth-order valence-corrected chi connectivity index (χ4v) is 2.78. The highest BCUT2D eigenvalue weighted by atomic mass is 16.6. The van der Waals surface area contributed by atoms with Gasteiger partial charge in [0.1, 0.15) is 11.6 Å². The summed E-state index contributed by atoms with van der Waals surface area (Å²) in [5.41, 5.74) is 2.14. The van der Waals surface area contributed by atoms with E-state index >= 15 is 0 Å². The van der Waals surface area contributed by atoms with Crippen LogP contribution in [-0.4, -0.2) is 48.4 Å². The molecule has 0 heterocycles. The molecule has 0 aliphatic heterocycles. The average molecular weight is 479 g/mol. The highest BCUT2D eigenvalue weighted by Gasteiger charge is 2.24. The second kappa shape index (κ2) is 13.0. The molecule has 35 heavy (non-hydrogen) atoms. The summed E-state index contributed by atoms with van der Waals surface area (Å²) in [4.78, 5) is 36.5. The number of alkyl carbamates (subject to hydrolysis) is 1. The minimum Gasteiger partial charge on any atom is -0.467 e. The minimum absolute atomic E-state index is 0.00410. The number of benzene rings is 2. The first-order valence-electron chi connectivity index (χ1n) is 10.9. The van der Waals surface area contributed by atoms with Crippen molar-refractivity contribution in [2.75, 3.05) is 13.7 Å². The Morgan fingerprint density at radius 2 is 1.71 bits per heavy atom. The van der Waals surface area contributed by atoms with E-state index < -0.39 is 29.6 Å². The van der Waals surface area contributed by atoms with Crippen LogP contribution in [0.2, 0.25) is 0 Å². The molecule has 0 fully saturated rings. The molecule has 0 aliphatic rings. The van der Waals surface area contributed by atoms with Crippen molar-refractivity contribution < 1.29 is 29.0 Å². The zero-order valence-corrected chi connectivity index (χ0v) is 20.3. The summed E-state index contributed by atoms with van der Waals surface area (Å²) in [6.45, 7) is 4.96. The quantitative estimate of drug-likeness (QED) is 0.416. The van der Waals surface area contributed by atoms with E-state index in [1.165, 1.54) is 7.11 Å². The predicted octanol–water partition coefficient (Wildman–Crippen LogP) is 3.04. The first kappa shape index (κ1) is 27.2. The van der Waals surface area contributed by atoms with Crippen LogP contribution >= 0.6 is 0 Å². The van der Waals surface area contributed by atoms with Crippen LogP contribution in [0, 0.1) is 11.8 Å². The Morgan fingerprint density at radius 1 is 1.06 bits per heavy atom. The number of nitrogens with one attached hydrogen (secondary N) is 2. The minimum atomic E-state index is -1.09. The molecule has 1 atom stereocenters. The van der Waals surface area contributed by atoms with Crippen molar-refractivity contribution in [3.63, 3.8) is 0 Å². The van der Waals surface area contributed by atoms with Gasteiger partial charge in [0.25, 0.3) is 5.91 Å². The number of rotatable bonds is 7. The lowest BCUT2D eigenvalue weighted by Crippen LogP contribution is -2.49. The lowest BCUT2D eigenvalue weighted by Gasteiger charge is -2.21. The van der Waals surface area contributed by atoms with Crippen LogP contribution in [0.25, 0.3) is 6.08 Å². The fourth-order valence-electron chi connectivity index (χ4n) is 2.78. The molecule has 184 valence electrons. The van der Waals surface area contributed by atoms with E-state index in [1.807, 2.05) is 30.3 Å². The summed E-state index contributed by atoms with van der Waals surface area (Å²) in [5, 5.41) is 14.1. The van der Waals surface area contributed by atoms with Crippen molar-refractivity contribution in [1.29, 1.82) is 0 Å². The van der Waals surface area contributed by atoms with Crippen LogP contribution in [0.5, 0.6) is 0 Å². The van der Waals surface area contributed by atoms with Gasteiger partial charge in [-0.2, -0.15) is 0 Å². The molecular weight excluding hydrogens is 448 g/mol. The first-order chi connectivity index (χ1) is 16.6. The third-order valence-corrected chi connectivity index (χ3v) is 4.53. The second-order valence-corrected chi connectivity index (χ2v) is 8.51. The van der Waals surface area contributed by atoms with E-state index in [1.54, 1.807) is 51.1 Å². The van der Waals surface area contributed by atoms with Crippen molar-refractivity contribution in [1.82, 2.24) is 10.6 Å². The summed E-state index contributed by atoms with van der Waals surface area (Å²) < 4.78 is 9.86. The molecule has 2 aromatic rings. The van der Waals surface area contributed by atoms with E-state index in [0.717, 1.165) is 11.1 Å². The van der Waals surface area contributed by atoms with Gasteiger partial charge in [-0.25, -0.2) is 9.59 Å². The van der Waals surface area contributed by atoms with Gasteiger partial charge in [0.2, 0.25) is 0 Å². The maximum atomic E-state index is 12.6. The number of ether oxygens (including phenoxy) is 2. The van der Waals surface area contributed by atoms with Gasteiger partial charge < -0.3 is 25.2 Å². The zero-order chi connectivity index (χ0) is 25.8. The van der Waals surface area contributed by atoms with Crippen molar-refractivity contribution in [3.05, 3.63) is 76.9 Å². The molecule has 0 aliphatic carbocycles. The summed E-state index contributed by atoms with van der Waals surface area (Å²) in [6, 6.07) is 12.9. The van der Waals surface area contributed by atoms with E-state index in [2.05, 4.69) is 22.5 Å². The van der Waals surface area contributed by atoms with Crippen molar-refractivity contribution in [2.24, 2.45) is 0 Å². The number of amides is 2. The Bertz CT molecular complexity index is 1100. The summed E-state index contributed by atoms with van der Waals surface area (Å²) >= 11 is 0. The number of aliphatic hydroxyl groups excluding tert-OH is 1. The molecule has 8 nitrogen and oxygen atoms in total. The number of allylic oxidation sites excluding steroid dienone is 1. The molecular formula is C27H30N2O6. The summed E-state index contributed by atoms with van der Waals surface area (Å²) in [7, 11) is 1.20. The largest absolute Gasteiger partial charge is 0.467 e. The molecule has 2 rings (SSSR count). The molecule has 0 spiro atoms. The number of hydrogen-bond donors (Lipinski definition) is 3. The topological polar surface area (TPSA) is 114 Å². The predicted molar refractivity (Wildman–Crippen MR) is 132 cm³/mol. The summed E-state index contributed by atoms with van der Waals surface area (Å²) in [6.07, 6.45) is 2.86. The number of carbonyl (C=O) groups excluding carboxylic acids is 3. The highest BCUT2D eigenvalue weighted by molar-refractivity contribution is 5.97. The van der Waals surface area contributed by atoms with Crippen LogP contribution in [0.3, 0.4) is 0 Å². The Hall–Kier alpha value is -4.09. The standard InChI is InChI=1S/C27H30N2O6/c1-27(2,3)35-26(33)28-17-23(25(32)34-4)29-24(31)22-15-13-20(14-16-22)8-6-5-7-19-9-11-21(18-30)12-10-19/h5,7,9-16,23,30H,17-18H2,1-4H3,(H,28,33)(H,29,31). The third-order valence-electron chi connectivity index (χ3n) is 4.53. The number of aliphatic hydroxyl groups is 1. The Balaban J connectivity index is 1.96. The van der Waals surface area contributed by atoms with Gasteiger partial charge in [-0.3, -0.25) is 4.79 Å². The monoisotopic (exact) mass is 478 g/mol. The van der Waals surface area contributed by atoms with Crippen molar-refractivity contribution in [2.45, 2.75) is 39.0 Å². The van der Waals surface area contributed by atoms with Crippen molar-refractivity contribution in [3.8, 4) is 11.8 Å². The molecule has 3 N–H and O–H groups in total. The Kier molecular flexibility index (Phi) is 10.1. The van der Waals surface area contributed by atoms with Gasteiger partial charge in [0, 0.05) is 11.1 Å². The molecule has 0 saturated heterocycles. The summed E-state index contributed by atoms with van der Waals surface area (Å²) in [5.74, 6) is 4.71. The molecule has 1 unspecified atom stereocenters. The molecule has 0 aromatic heterocycles. The number of hydrogen-bond acceptors (Lipinski definition) is 6. The molecule has 2 aromatic carbocycles. The Morgan fingerprint density at radius 3 is 2.29 bits per heavy atom. The number of esters is 1. The third kappa shape index (κ3) is 9.74. The highest BCUT2D eigenvalue weighted by Crippen LogP contribution is 2.08. The van der Waals surface area contributed by atoms with E-state index in [0.29, 0.717) is 11.1 Å². The van der Waals surface area contributed by atoms with Crippen LogP contribution in [-0.2, 0) is 20.9 Å². The van der Waals surface area contributed by atoms with E-state index in [-0.39, 0.29) is 13.2 Å². The Labute approximate surface area is 205 Å². The number of methoxy groups -OCH3 is 1. The fraction of sp³-hybridized carbons (Fsp3) is 0.296. The van der Waals surface area contributed by atoms with Gasteiger partial charge in [0.15, 0.2) is 0 Å². The van der Waals surface area contributed by atoms with Crippen molar-refractivity contribution >= 4 is 24.0 Å². The van der Waals surface area contributed by atoms with E-state index in [9.17, 15) is 14.4 Å². The molecule has 0 radical (unpaired) electrons. The van der Waals surface area contributed by atoms with Gasteiger partial charge in [-0.05, 0) is 68.3 Å². The molecule has 0 bridgehead atoms. The molecule has 2 amide bonds. The maximum Gasteiger partial charge on any atom is 0.407 e. The smallest absolute Gasteiger partial charge is 0.407 e. The lowest BCUT2D eigenvalue weighted by atomic mass is 10.1. The maximum absolute atomic E-state index is 12.6. The molecule has 8 heteroatoms. The lowest BCUT2D eigenvalue weighted by molar-refractivity contribution is -0.142. The van der Waals surface area contributed by atoms with Crippen LogP contribution < -0.4 is 10.6 Å². The van der Waals surface area contributed by atoms with Crippen LogP contribution in [0.15, 0.2) is 54.6 Å². The van der Waals surface area contributed by atoms with Gasteiger partial charge >= 0.3 is 12.1 Å². The van der Waals surface area contributed by atoms with Gasteiger partial charge in [0.05, 0.1) is 20.3 Å². The van der Waals surface area contributed by atoms with Crippen LogP contribution in [0.4, 0.5) is 4.79 Å². The van der Waals surface area contributed by atoms with Crippen LogP contribution in [0.1, 0.15) is 47.8 Å². The first-order valence-corrected chi connectivity index (χ1v) is 10.9. The normalized spacial score (nSPS) is 11.7. The molecule has 0 saturated carbocycles. The van der Waals surface area contributed by atoms with Gasteiger partial charge in [-0.1, -0.05) is 36.1 Å². The number of carbonyl (C=O) groups is 3. The van der Waals surface area contributed by atoms with E-state index in [4.69, 9.17) is 14.6 Å². The van der Waals surface area contributed by atoms with Gasteiger partial charge in [-0.15, -0.1) is 0 Å². The average Bonchev–Trinajstić information content (AvgIpc) is 2.83. The SMILES string of the molecule is COC(=O)C(CNC(=O)OC(C)(C)C)NC(=O)c1ccc(C#CC=Cc2ccc(CO)cc2)cc1.